The summed E-state index contributed by atoms with van der Waals surface area (Å²) in [6, 6.07) is 9.00. The van der Waals surface area contributed by atoms with Gasteiger partial charge in [-0.25, -0.2) is 0 Å². The van der Waals surface area contributed by atoms with Gasteiger partial charge in [-0.3, -0.25) is 9.59 Å². The summed E-state index contributed by atoms with van der Waals surface area (Å²) in [4.78, 5) is 23.1. The number of ether oxygens (including phenoxy) is 1. The minimum absolute atomic E-state index is 0.0172. The van der Waals surface area contributed by atoms with Gasteiger partial charge in [-0.1, -0.05) is 44.2 Å². The molecule has 1 aromatic carbocycles. The quantitative estimate of drug-likeness (QED) is 0.549. The molecule has 0 atom stereocenters. The Morgan fingerprint density at radius 3 is 2.39 bits per heavy atom. The molecule has 0 saturated heterocycles. The highest BCUT2D eigenvalue weighted by Gasteiger charge is 2.09. The molecule has 0 fully saturated rings. The van der Waals surface area contributed by atoms with Crippen LogP contribution in [0.5, 0.6) is 0 Å². The van der Waals surface area contributed by atoms with Gasteiger partial charge in [0.2, 0.25) is 0 Å². The van der Waals surface area contributed by atoms with Gasteiger partial charge >= 0.3 is 5.97 Å². The summed E-state index contributed by atoms with van der Waals surface area (Å²) in [6.45, 7) is 4.59. The molecule has 0 heterocycles. The average Bonchev–Trinajstić information content (AvgIpc) is 2.36. The molecule has 3 nitrogen and oxygen atoms in total. The maximum Gasteiger partial charge on any atom is 0.306 e. The number of rotatable bonds is 7. The molecular weight excluding hydrogens is 228 g/mol. The summed E-state index contributed by atoms with van der Waals surface area (Å²) in [7, 11) is 0. The van der Waals surface area contributed by atoms with Gasteiger partial charge in [0.1, 0.15) is 0 Å². The highest BCUT2D eigenvalue weighted by Crippen LogP contribution is 2.06. The molecule has 1 rings (SSSR count). The second-order valence-corrected chi connectivity index (χ2v) is 4.69. The van der Waals surface area contributed by atoms with Crippen molar-refractivity contribution in [3.05, 3.63) is 35.9 Å². The summed E-state index contributed by atoms with van der Waals surface area (Å²) in [6.07, 6.45) is 1.23. The average molecular weight is 248 g/mol. The first-order valence-electron chi connectivity index (χ1n) is 6.33. The molecule has 0 unspecified atom stereocenters. The van der Waals surface area contributed by atoms with Crippen molar-refractivity contribution in [1.29, 1.82) is 0 Å². The van der Waals surface area contributed by atoms with Crippen LogP contribution >= 0.6 is 0 Å². The van der Waals surface area contributed by atoms with E-state index in [0.29, 0.717) is 18.1 Å². The first-order valence-corrected chi connectivity index (χ1v) is 6.33. The molecule has 0 aliphatic carbocycles. The van der Waals surface area contributed by atoms with E-state index in [1.807, 2.05) is 18.2 Å². The molecule has 3 heteroatoms. The molecule has 98 valence electrons. The minimum Gasteiger partial charge on any atom is -0.466 e. The van der Waals surface area contributed by atoms with Crippen LogP contribution < -0.4 is 0 Å². The Kier molecular flexibility index (Phi) is 6.12. The fraction of sp³-hybridized carbons (Fsp3) is 0.467. The predicted octanol–water partition coefficient (Wildman–Crippen LogP) is 3.24. The third-order valence-corrected chi connectivity index (χ3v) is 2.61. The second kappa shape index (κ2) is 7.64. The first-order chi connectivity index (χ1) is 8.59. The van der Waals surface area contributed by atoms with E-state index in [2.05, 4.69) is 13.8 Å². The predicted molar refractivity (Wildman–Crippen MR) is 70.4 cm³/mol. The standard InChI is InChI=1S/C15H20O3/c1-12(2)10-11-18-15(17)9-8-14(16)13-6-4-3-5-7-13/h3-7,12H,8-11H2,1-2H3. The van der Waals surface area contributed by atoms with Gasteiger partial charge < -0.3 is 4.74 Å². The van der Waals surface area contributed by atoms with Crippen molar-refractivity contribution in [1.82, 2.24) is 0 Å². The molecular formula is C15H20O3. The van der Waals surface area contributed by atoms with E-state index in [0.717, 1.165) is 6.42 Å². The second-order valence-electron chi connectivity index (χ2n) is 4.69. The number of hydrogen-bond donors (Lipinski definition) is 0. The number of Topliss-reactive ketones (excluding diaryl/α,β-unsaturated/α-hetero) is 1. The van der Waals surface area contributed by atoms with Crippen molar-refractivity contribution in [2.24, 2.45) is 5.92 Å². The lowest BCUT2D eigenvalue weighted by molar-refractivity contribution is -0.143. The maximum atomic E-state index is 11.7. The van der Waals surface area contributed by atoms with Gasteiger partial charge in [0.15, 0.2) is 5.78 Å². The highest BCUT2D eigenvalue weighted by molar-refractivity contribution is 5.97. The summed E-state index contributed by atoms with van der Waals surface area (Å²) >= 11 is 0. The number of carbonyl (C=O) groups is 2. The van der Waals surface area contributed by atoms with E-state index in [-0.39, 0.29) is 24.6 Å². The van der Waals surface area contributed by atoms with Gasteiger partial charge in [-0.05, 0) is 12.3 Å². The van der Waals surface area contributed by atoms with Crippen LogP contribution in [0.2, 0.25) is 0 Å². The van der Waals surface area contributed by atoms with Crippen LogP contribution in [0.4, 0.5) is 0 Å². The highest BCUT2D eigenvalue weighted by atomic mass is 16.5. The molecule has 0 spiro atoms. The lowest BCUT2D eigenvalue weighted by atomic mass is 10.1. The van der Waals surface area contributed by atoms with Crippen molar-refractivity contribution < 1.29 is 14.3 Å². The number of carbonyl (C=O) groups excluding carboxylic acids is 2. The third kappa shape index (κ3) is 5.62. The Morgan fingerprint density at radius 2 is 1.78 bits per heavy atom. The molecule has 0 N–H and O–H groups in total. The van der Waals surface area contributed by atoms with Crippen molar-refractivity contribution in [3.63, 3.8) is 0 Å². The van der Waals surface area contributed by atoms with Gasteiger partial charge in [-0.15, -0.1) is 0 Å². The Hall–Kier alpha value is -1.64. The Labute approximate surface area is 108 Å². The monoisotopic (exact) mass is 248 g/mol. The topological polar surface area (TPSA) is 43.4 Å². The van der Waals surface area contributed by atoms with E-state index in [1.165, 1.54) is 0 Å². The number of hydrogen-bond acceptors (Lipinski definition) is 3. The molecule has 0 radical (unpaired) electrons. The molecule has 0 bridgehead atoms. The fourth-order valence-corrected chi connectivity index (χ4v) is 1.46. The summed E-state index contributed by atoms with van der Waals surface area (Å²) < 4.78 is 5.05. The number of esters is 1. The molecule has 0 aliphatic heterocycles. The van der Waals surface area contributed by atoms with Crippen molar-refractivity contribution >= 4 is 11.8 Å². The molecule has 0 saturated carbocycles. The Bertz CT molecular complexity index is 382. The molecule has 0 aliphatic rings. The number of benzene rings is 1. The lowest BCUT2D eigenvalue weighted by Crippen LogP contribution is -2.10. The smallest absolute Gasteiger partial charge is 0.306 e. The zero-order valence-electron chi connectivity index (χ0n) is 11.0. The summed E-state index contributed by atoms with van der Waals surface area (Å²) in [5.41, 5.74) is 0.646. The maximum absolute atomic E-state index is 11.7. The molecule has 0 amide bonds. The van der Waals surface area contributed by atoms with Crippen LogP contribution in [0.25, 0.3) is 0 Å². The van der Waals surface area contributed by atoms with Gasteiger partial charge in [-0.2, -0.15) is 0 Å². The van der Waals surface area contributed by atoms with E-state index >= 15 is 0 Å². The van der Waals surface area contributed by atoms with Crippen LogP contribution in [-0.4, -0.2) is 18.4 Å². The van der Waals surface area contributed by atoms with E-state index in [4.69, 9.17) is 4.74 Å². The summed E-state index contributed by atoms with van der Waals surface area (Å²) in [5.74, 6) is 0.208. The van der Waals surface area contributed by atoms with Crippen molar-refractivity contribution in [2.75, 3.05) is 6.61 Å². The zero-order valence-corrected chi connectivity index (χ0v) is 11.0. The van der Waals surface area contributed by atoms with E-state index in [9.17, 15) is 9.59 Å². The molecule has 0 aromatic heterocycles. The van der Waals surface area contributed by atoms with E-state index in [1.54, 1.807) is 12.1 Å². The zero-order chi connectivity index (χ0) is 13.4. The largest absolute Gasteiger partial charge is 0.466 e. The summed E-state index contributed by atoms with van der Waals surface area (Å²) in [5, 5.41) is 0. The fourth-order valence-electron chi connectivity index (χ4n) is 1.46. The third-order valence-electron chi connectivity index (χ3n) is 2.61. The van der Waals surface area contributed by atoms with Crippen LogP contribution in [0.15, 0.2) is 30.3 Å². The number of ketones is 1. The molecule has 1 aromatic rings. The Balaban J connectivity index is 2.24. The minimum atomic E-state index is -0.292. The van der Waals surface area contributed by atoms with Gasteiger partial charge in [0.05, 0.1) is 13.0 Å². The van der Waals surface area contributed by atoms with Crippen LogP contribution in [0.3, 0.4) is 0 Å². The lowest BCUT2D eigenvalue weighted by Gasteiger charge is -2.06. The first kappa shape index (κ1) is 14.4. The van der Waals surface area contributed by atoms with Crippen molar-refractivity contribution in [2.45, 2.75) is 33.1 Å². The molecule has 18 heavy (non-hydrogen) atoms. The van der Waals surface area contributed by atoms with Crippen LogP contribution in [0.1, 0.15) is 43.5 Å². The van der Waals surface area contributed by atoms with Crippen LogP contribution in [0, 0.1) is 5.92 Å². The van der Waals surface area contributed by atoms with Gasteiger partial charge in [0.25, 0.3) is 0 Å². The van der Waals surface area contributed by atoms with Crippen LogP contribution in [-0.2, 0) is 9.53 Å². The normalized spacial score (nSPS) is 10.4. The van der Waals surface area contributed by atoms with Gasteiger partial charge in [0, 0.05) is 12.0 Å². The SMILES string of the molecule is CC(C)CCOC(=O)CCC(=O)c1ccccc1. The van der Waals surface area contributed by atoms with E-state index < -0.39 is 0 Å². The Morgan fingerprint density at radius 1 is 1.11 bits per heavy atom. The van der Waals surface area contributed by atoms with Crippen molar-refractivity contribution in [3.8, 4) is 0 Å².